The van der Waals surface area contributed by atoms with E-state index in [9.17, 15) is 0 Å². The molecule has 1 aromatic heterocycles. The monoisotopic (exact) mass is 192 g/mol. The van der Waals surface area contributed by atoms with E-state index < -0.39 is 0 Å². The zero-order valence-electron chi connectivity index (χ0n) is 7.20. The zero-order valence-corrected chi connectivity index (χ0v) is 8.09. The van der Waals surface area contributed by atoms with Crippen LogP contribution in [0.25, 0.3) is 11.1 Å². The van der Waals surface area contributed by atoms with Gasteiger partial charge in [-0.1, -0.05) is 44.6 Å². The minimum Gasteiger partial charge on any atom is -0.0719 e. The second-order valence-electron chi connectivity index (χ2n) is 3.33. The van der Waals surface area contributed by atoms with E-state index in [1.54, 1.807) is 5.30 Å². The van der Waals surface area contributed by atoms with Crippen molar-refractivity contribution in [3.05, 3.63) is 53.1 Å². The minimum atomic E-state index is 0. The third-order valence-corrected chi connectivity index (χ3v) is 3.59. The van der Waals surface area contributed by atoms with Crippen molar-refractivity contribution in [3.8, 4) is 11.1 Å². The second kappa shape index (κ2) is 3.91. The van der Waals surface area contributed by atoms with Gasteiger partial charge in [-0.15, -0.1) is 0 Å². The van der Waals surface area contributed by atoms with Crippen LogP contribution in [0, 0.1) is 0 Å². The Morgan fingerprint density at radius 3 is 2.64 bits per heavy atom. The summed E-state index contributed by atoms with van der Waals surface area (Å²) >= 11 is 0. The molecule has 0 unspecified atom stereocenters. The smallest absolute Gasteiger partial charge is 0.00303 e. The van der Waals surface area contributed by atoms with E-state index in [0.29, 0.717) is 0 Å². The summed E-state index contributed by atoms with van der Waals surface area (Å²) in [6, 6.07) is 13.1. The first kappa shape index (κ1) is 10.0. The summed E-state index contributed by atoms with van der Waals surface area (Å²) in [7, 11) is 1.38. The van der Waals surface area contributed by atoms with Gasteiger partial charge in [0.15, 0.2) is 0 Å². The van der Waals surface area contributed by atoms with E-state index in [1.807, 2.05) is 0 Å². The van der Waals surface area contributed by atoms with Crippen LogP contribution in [0.2, 0.25) is 0 Å². The molecule has 64 valence electrons. The van der Waals surface area contributed by atoms with E-state index >= 15 is 0 Å². The van der Waals surface area contributed by atoms with Crippen molar-refractivity contribution in [2.45, 2.75) is 6.42 Å². The van der Waals surface area contributed by atoms with E-state index in [1.165, 1.54) is 24.9 Å². The van der Waals surface area contributed by atoms with Crippen molar-refractivity contribution in [2.24, 2.45) is 0 Å². The summed E-state index contributed by atoms with van der Waals surface area (Å²) in [5.41, 5.74) is 4.38. The first-order valence-corrected chi connectivity index (χ1v) is 5.44. The van der Waals surface area contributed by atoms with Gasteiger partial charge >= 0.3 is 18.9 Å². The summed E-state index contributed by atoms with van der Waals surface area (Å²) in [6.07, 6.45) is 1.15. The van der Waals surface area contributed by atoms with Crippen LogP contribution in [0.15, 0.2) is 42.2 Å². The van der Waals surface area contributed by atoms with E-state index in [2.05, 4.69) is 42.2 Å². The van der Waals surface area contributed by atoms with Gasteiger partial charge in [0.25, 0.3) is 0 Å². The maximum atomic E-state index is 2.23. The molecule has 2 heteroatoms. The summed E-state index contributed by atoms with van der Waals surface area (Å²) in [4.78, 5) is 0. The number of benzene rings is 1. The Kier molecular flexibility index (Phi) is 2.80. The Hall–Kier alpha value is -0.533. The second-order valence-corrected chi connectivity index (χ2v) is 4.43. The largest absolute Gasteiger partial charge is 0.0719 e. The fourth-order valence-corrected chi connectivity index (χ4v) is 2.89. The van der Waals surface area contributed by atoms with Crippen molar-refractivity contribution >= 4 is 27.1 Å². The van der Waals surface area contributed by atoms with Gasteiger partial charge in [0.1, 0.15) is 0 Å². The van der Waals surface area contributed by atoms with Gasteiger partial charge in [0, 0.05) is 6.42 Å². The third-order valence-electron chi connectivity index (χ3n) is 2.56. The molecule has 2 aromatic rings. The average Bonchev–Trinajstić information content (AvgIpc) is 2.56. The quantitative estimate of drug-likeness (QED) is 0.480. The summed E-state index contributed by atoms with van der Waals surface area (Å²) in [5.74, 6) is 2.21. The molecule has 0 saturated carbocycles. The summed E-state index contributed by atoms with van der Waals surface area (Å²) in [6.45, 7) is 0. The molecule has 14 heavy (non-hydrogen) atoms. The predicted octanol–water partition coefficient (Wildman–Crippen LogP) is 3.19. The van der Waals surface area contributed by atoms with Crippen LogP contribution in [-0.4, -0.2) is 18.9 Å². The van der Waals surface area contributed by atoms with E-state index in [0.717, 1.165) is 6.42 Å². The van der Waals surface area contributed by atoms with Crippen LogP contribution in [0.4, 0.5) is 0 Å². The normalized spacial score (nSPS) is 12.0. The molecule has 0 nitrogen and oxygen atoms in total. The molecule has 1 aromatic carbocycles. The molecule has 0 spiro atoms. The molecule has 0 fully saturated rings. The number of hydrogen-bond acceptors (Lipinski definition) is 0. The third kappa shape index (κ3) is 1.45. The number of fused-ring (bicyclic) bond motifs is 3. The summed E-state index contributed by atoms with van der Waals surface area (Å²) in [5, 5.41) is 1.56. The van der Waals surface area contributed by atoms with Gasteiger partial charge in [-0.25, -0.2) is 0 Å². The molecule has 0 atom stereocenters. The zero-order chi connectivity index (χ0) is 8.67. The van der Waals surface area contributed by atoms with Crippen LogP contribution >= 0.6 is 8.19 Å². The molecule has 1 aliphatic carbocycles. The molecule has 0 amide bonds. The average molecular weight is 192 g/mol. The van der Waals surface area contributed by atoms with Crippen molar-refractivity contribution in [1.82, 2.24) is 0 Å². The van der Waals surface area contributed by atoms with Crippen LogP contribution in [0.3, 0.4) is 0 Å². The minimum absolute atomic E-state index is 0. The predicted molar refractivity (Wildman–Crippen MR) is 64.3 cm³/mol. The molecule has 0 aliphatic heterocycles. The Morgan fingerprint density at radius 1 is 0.929 bits per heavy atom. The topological polar surface area (TPSA) is 0 Å². The maximum Gasteiger partial charge on any atom is 0.00303 e. The van der Waals surface area contributed by atoms with Gasteiger partial charge in [-0.3, -0.25) is 0 Å². The molecule has 1 heterocycles. The van der Waals surface area contributed by atoms with Crippen molar-refractivity contribution < 1.29 is 0 Å². The van der Waals surface area contributed by atoms with Crippen LogP contribution in [0.5, 0.6) is 0 Å². The number of hydrogen-bond donors (Lipinski definition) is 0. The maximum absolute atomic E-state index is 2.23. The summed E-state index contributed by atoms with van der Waals surface area (Å²) < 4.78 is 0. The van der Waals surface area contributed by atoms with E-state index in [-0.39, 0.29) is 18.9 Å². The van der Waals surface area contributed by atoms with Crippen LogP contribution in [0.1, 0.15) is 10.9 Å². The molecular formula is C12H10LiP. The molecule has 1 aliphatic rings. The Balaban J connectivity index is 0.000000750. The van der Waals surface area contributed by atoms with Gasteiger partial charge < -0.3 is 0 Å². The molecule has 3 rings (SSSR count). The number of rotatable bonds is 0. The molecule has 0 saturated heterocycles. The van der Waals surface area contributed by atoms with Crippen LogP contribution < -0.4 is 0 Å². The van der Waals surface area contributed by atoms with Crippen molar-refractivity contribution in [3.63, 3.8) is 0 Å². The first-order valence-electron chi connectivity index (χ1n) is 4.47. The Bertz CT molecular complexity index is 422. The van der Waals surface area contributed by atoms with Gasteiger partial charge in [0.05, 0.1) is 0 Å². The Labute approximate surface area is 97.6 Å². The fraction of sp³-hybridized carbons (Fsp3) is 0.0833. The van der Waals surface area contributed by atoms with Crippen molar-refractivity contribution in [2.75, 3.05) is 0 Å². The Morgan fingerprint density at radius 2 is 1.71 bits per heavy atom. The van der Waals surface area contributed by atoms with Gasteiger partial charge in [-0.2, -0.15) is 0 Å². The van der Waals surface area contributed by atoms with Gasteiger partial charge in [0.2, 0.25) is 0 Å². The molecule has 0 bridgehead atoms. The molecule has 0 N–H and O–H groups in total. The fourth-order valence-electron chi connectivity index (χ4n) is 1.94. The SMILES string of the molecule is [LiH].c1ccc2c(c1)Cc1pcccc1-2. The van der Waals surface area contributed by atoms with E-state index in [4.69, 9.17) is 0 Å². The molecule has 0 radical (unpaired) electrons. The van der Waals surface area contributed by atoms with Gasteiger partial charge in [-0.05, 0) is 27.8 Å². The first-order chi connectivity index (χ1) is 6.45. The standard InChI is InChI=1S/C12H9P.Li.H/c1-2-5-10-9(4-1)8-12-11(10)6-3-7-13-12;;/h1-7H,8H2;;. The molecular weight excluding hydrogens is 182 g/mol. The van der Waals surface area contributed by atoms with Crippen LogP contribution in [-0.2, 0) is 6.42 Å². The van der Waals surface area contributed by atoms with Crippen molar-refractivity contribution in [1.29, 1.82) is 0 Å².